The highest BCUT2D eigenvalue weighted by Gasteiger charge is 2.23. The molecule has 2 heterocycles. The van der Waals surface area contributed by atoms with Crippen molar-refractivity contribution >= 4 is 26.4 Å². The zero-order valence-electron chi connectivity index (χ0n) is 16.8. The van der Waals surface area contributed by atoms with E-state index in [1.165, 1.54) is 0 Å². The number of nitrogens with zero attached hydrogens (tertiary/aromatic N) is 1. The van der Waals surface area contributed by atoms with Crippen LogP contribution in [-0.4, -0.2) is 70.1 Å². The number of hydrogen-bond acceptors (Lipinski definition) is 5. The average molecular weight is 482 g/mol. The second-order valence-corrected chi connectivity index (χ2v) is 9.00. The molecule has 1 aromatic heterocycles. The molecule has 1 fully saturated rings. The lowest BCUT2D eigenvalue weighted by atomic mass is 10.1. The van der Waals surface area contributed by atoms with Gasteiger partial charge in [0.25, 0.3) is 5.56 Å². The first-order chi connectivity index (χ1) is 14.2. The number of hydrogen-bond donors (Lipinski definition) is 8. The first-order valence-corrected chi connectivity index (χ1v) is 12.3. The number of H-pyrrole nitrogens is 1. The van der Waals surface area contributed by atoms with Crippen LogP contribution >= 0.6 is 15.6 Å². The Balaban J connectivity index is 0.000000404. The molecular weight excluding hydrogens is 454 g/mol. The maximum Gasteiger partial charge on any atom is 0.466 e. The maximum atomic E-state index is 12.2. The molecule has 0 saturated carbocycles. The quantitative estimate of drug-likeness (QED) is 0.271. The lowest BCUT2D eigenvalue weighted by molar-refractivity contribution is 0.160. The number of aromatic nitrogens is 1. The van der Waals surface area contributed by atoms with Crippen LogP contribution in [0.2, 0.25) is 0 Å². The number of fused-ring (bicyclic) bond motifs is 1. The summed E-state index contributed by atoms with van der Waals surface area (Å²) in [6.07, 6.45) is 3.04. The number of pyridine rings is 1. The molecule has 1 aliphatic heterocycles. The molecule has 176 valence electrons. The van der Waals surface area contributed by atoms with Gasteiger partial charge in [-0.2, -0.15) is 0 Å². The van der Waals surface area contributed by atoms with Gasteiger partial charge in [0.1, 0.15) is 0 Å². The summed E-state index contributed by atoms with van der Waals surface area (Å²) in [5.41, 5.74) is 2.10. The first-order valence-electron chi connectivity index (χ1n) is 9.22. The fraction of sp³-hybridized carbons (Fsp3) is 0.471. The van der Waals surface area contributed by atoms with Crippen LogP contribution in [0.25, 0.3) is 10.8 Å². The Hall–Kier alpha value is -1.43. The van der Waals surface area contributed by atoms with E-state index in [1.807, 2.05) is 25.1 Å². The van der Waals surface area contributed by atoms with E-state index in [-0.39, 0.29) is 12.2 Å². The zero-order chi connectivity index (χ0) is 23.8. The molecule has 1 saturated heterocycles. The van der Waals surface area contributed by atoms with Crippen LogP contribution in [0.5, 0.6) is 0 Å². The topological polar surface area (TPSA) is 212 Å². The van der Waals surface area contributed by atoms with Crippen LogP contribution in [0.1, 0.15) is 24.1 Å². The van der Waals surface area contributed by atoms with Gasteiger partial charge in [-0.25, -0.2) is 9.13 Å². The monoisotopic (exact) mass is 482 g/mol. The van der Waals surface area contributed by atoms with E-state index in [2.05, 4.69) is 16.0 Å². The standard InChI is InChI=1S/C17H22N2O2.2H3O4P/c1-12-4-2-6-15-16(12)10-13(18-17(15)21)7-9-19-8-3-5-14(19)11-20;2*1-5(2,3)4/h2,4,6,10,14,20H,3,5,7-9,11H2,1H3,(H,18,21);2*(H3,1,2,3,4). The van der Waals surface area contributed by atoms with Crippen LogP contribution in [0.15, 0.2) is 29.1 Å². The molecule has 1 aromatic carbocycles. The molecule has 31 heavy (non-hydrogen) atoms. The lowest BCUT2D eigenvalue weighted by Crippen LogP contribution is -2.34. The summed E-state index contributed by atoms with van der Waals surface area (Å²) in [6.45, 7) is 4.20. The third kappa shape index (κ3) is 11.7. The summed E-state index contributed by atoms with van der Waals surface area (Å²) in [7, 11) is -9.28. The Morgan fingerprint density at radius 2 is 1.65 bits per heavy atom. The first kappa shape index (κ1) is 27.6. The molecule has 0 spiro atoms. The molecule has 12 nitrogen and oxygen atoms in total. The second-order valence-electron chi connectivity index (χ2n) is 6.95. The van der Waals surface area contributed by atoms with E-state index in [4.69, 9.17) is 38.5 Å². The van der Waals surface area contributed by atoms with Crippen molar-refractivity contribution in [3.05, 3.63) is 45.9 Å². The van der Waals surface area contributed by atoms with Gasteiger partial charge in [-0.1, -0.05) is 12.1 Å². The number of likely N-dealkylation sites (tertiary alicyclic amines) is 1. The van der Waals surface area contributed by atoms with Gasteiger partial charge >= 0.3 is 15.6 Å². The third-order valence-electron chi connectivity index (χ3n) is 4.54. The number of phosphoric acid groups is 2. The largest absolute Gasteiger partial charge is 0.466 e. The van der Waals surface area contributed by atoms with Crippen LogP contribution in [0.3, 0.4) is 0 Å². The molecule has 0 amide bonds. The molecule has 14 heteroatoms. The summed E-state index contributed by atoms with van der Waals surface area (Å²) in [6, 6.07) is 8.21. The highest BCUT2D eigenvalue weighted by molar-refractivity contribution is 7.45. The van der Waals surface area contributed by atoms with Crippen LogP contribution in [0.4, 0.5) is 0 Å². The van der Waals surface area contributed by atoms with E-state index < -0.39 is 15.6 Å². The molecule has 1 unspecified atom stereocenters. The highest BCUT2D eigenvalue weighted by atomic mass is 31.2. The van der Waals surface area contributed by atoms with Crippen molar-refractivity contribution < 1.29 is 43.6 Å². The minimum Gasteiger partial charge on any atom is -0.395 e. The molecule has 1 aliphatic rings. The van der Waals surface area contributed by atoms with Gasteiger partial charge in [-0.05, 0) is 49.4 Å². The number of nitrogens with one attached hydrogen (secondary N) is 1. The van der Waals surface area contributed by atoms with E-state index in [1.54, 1.807) is 0 Å². The number of aromatic amines is 1. The highest BCUT2D eigenvalue weighted by Crippen LogP contribution is 2.26. The lowest BCUT2D eigenvalue weighted by Gasteiger charge is -2.22. The minimum absolute atomic E-state index is 0.00803. The van der Waals surface area contributed by atoms with Crippen molar-refractivity contribution in [2.45, 2.75) is 32.2 Å². The molecule has 8 N–H and O–H groups in total. The van der Waals surface area contributed by atoms with Crippen molar-refractivity contribution in [3.8, 4) is 0 Å². The summed E-state index contributed by atoms with van der Waals surface area (Å²) >= 11 is 0. The number of benzene rings is 1. The Kier molecular flexibility index (Phi) is 10.7. The molecule has 0 bridgehead atoms. The van der Waals surface area contributed by atoms with Crippen molar-refractivity contribution in [2.75, 3.05) is 19.7 Å². The van der Waals surface area contributed by atoms with Gasteiger partial charge in [0.2, 0.25) is 0 Å². The smallest absolute Gasteiger partial charge is 0.395 e. The van der Waals surface area contributed by atoms with Gasteiger partial charge in [-0.3, -0.25) is 9.69 Å². The van der Waals surface area contributed by atoms with Crippen LogP contribution in [0, 0.1) is 6.92 Å². The van der Waals surface area contributed by atoms with Crippen molar-refractivity contribution in [3.63, 3.8) is 0 Å². The van der Waals surface area contributed by atoms with Crippen LogP contribution in [-0.2, 0) is 15.6 Å². The number of rotatable bonds is 4. The number of aryl methyl sites for hydroxylation is 1. The third-order valence-corrected chi connectivity index (χ3v) is 4.54. The minimum atomic E-state index is -4.64. The van der Waals surface area contributed by atoms with Gasteiger partial charge in [0.05, 0.1) is 6.61 Å². The molecule has 2 aromatic rings. The maximum absolute atomic E-state index is 12.2. The van der Waals surface area contributed by atoms with Crippen molar-refractivity contribution in [1.82, 2.24) is 9.88 Å². The molecule has 0 aliphatic carbocycles. The predicted molar refractivity (Wildman–Crippen MR) is 113 cm³/mol. The van der Waals surface area contributed by atoms with Gasteiger partial charge < -0.3 is 39.5 Å². The summed E-state index contributed by atoms with van der Waals surface area (Å²) in [5, 5.41) is 11.2. The fourth-order valence-electron chi connectivity index (χ4n) is 3.29. The van der Waals surface area contributed by atoms with Crippen molar-refractivity contribution in [2.24, 2.45) is 0 Å². The predicted octanol–water partition coefficient (Wildman–Crippen LogP) is -0.0215. The molecule has 3 rings (SSSR count). The van der Waals surface area contributed by atoms with Crippen molar-refractivity contribution in [1.29, 1.82) is 0 Å². The fourth-order valence-corrected chi connectivity index (χ4v) is 3.29. The Morgan fingerprint density at radius 3 is 2.19 bits per heavy atom. The number of aliphatic hydroxyl groups excluding tert-OH is 1. The van der Waals surface area contributed by atoms with E-state index in [9.17, 15) is 9.90 Å². The van der Waals surface area contributed by atoms with E-state index >= 15 is 0 Å². The number of aliphatic hydroxyl groups is 1. The molecule has 1 atom stereocenters. The van der Waals surface area contributed by atoms with Crippen LogP contribution < -0.4 is 5.56 Å². The molecule has 0 radical (unpaired) electrons. The SMILES string of the molecule is Cc1cccc2c(=O)[nH]c(CCN3CCCC3CO)cc12.O=P(O)(O)O.O=P(O)(O)O. The summed E-state index contributed by atoms with van der Waals surface area (Å²) in [5.74, 6) is 0. The van der Waals surface area contributed by atoms with E-state index in [0.717, 1.165) is 54.4 Å². The zero-order valence-corrected chi connectivity index (χ0v) is 18.6. The van der Waals surface area contributed by atoms with E-state index in [0.29, 0.717) is 6.04 Å². The summed E-state index contributed by atoms with van der Waals surface area (Å²) < 4.78 is 17.8. The Bertz CT molecular complexity index is 964. The molecular formula is C17H28N2O10P2. The van der Waals surface area contributed by atoms with Gasteiger partial charge in [0, 0.05) is 30.1 Å². The normalized spacial score (nSPS) is 17.0. The van der Waals surface area contributed by atoms with Gasteiger partial charge in [0.15, 0.2) is 0 Å². The summed E-state index contributed by atoms with van der Waals surface area (Å²) in [4.78, 5) is 60.6. The average Bonchev–Trinajstić information content (AvgIpc) is 3.06. The Morgan fingerprint density at radius 1 is 1.06 bits per heavy atom. The second kappa shape index (κ2) is 12.0. The Labute approximate surface area is 178 Å². The van der Waals surface area contributed by atoms with Gasteiger partial charge in [-0.15, -0.1) is 0 Å².